The molecule has 1 fully saturated rings. The molecule has 3 rings (SSSR count). The van der Waals surface area contributed by atoms with Crippen molar-refractivity contribution in [1.29, 1.82) is 5.26 Å². The third-order valence-corrected chi connectivity index (χ3v) is 4.28. The van der Waals surface area contributed by atoms with E-state index >= 15 is 0 Å². The van der Waals surface area contributed by atoms with Gasteiger partial charge in [-0.15, -0.1) is 0 Å². The first kappa shape index (κ1) is 18.1. The molecule has 1 saturated heterocycles. The minimum Gasteiger partial charge on any atom is -0.326 e. The summed E-state index contributed by atoms with van der Waals surface area (Å²) < 4.78 is 0. The number of hydrogen-bond donors (Lipinski definition) is 2. The molecule has 0 saturated carbocycles. The second-order valence-corrected chi connectivity index (χ2v) is 6.28. The molecule has 7 heteroatoms. The van der Waals surface area contributed by atoms with Gasteiger partial charge in [-0.2, -0.15) is 5.26 Å². The van der Waals surface area contributed by atoms with Crippen molar-refractivity contribution >= 4 is 34.8 Å². The van der Waals surface area contributed by atoms with Gasteiger partial charge in [0.2, 0.25) is 17.7 Å². The monoisotopic (exact) mass is 362 g/mol. The number of para-hydroxylation sites is 1. The molecule has 3 amide bonds. The first-order valence-corrected chi connectivity index (χ1v) is 8.46. The van der Waals surface area contributed by atoms with Crippen molar-refractivity contribution in [3.8, 4) is 6.07 Å². The molecule has 1 unspecified atom stereocenters. The maximum absolute atomic E-state index is 12.5. The number of nitrogens with zero attached hydrogens (tertiary/aromatic N) is 2. The summed E-state index contributed by atoms with van der Waals surface area (Å²) in [6, 6.07) is 15.7. The SMILES string of the molecule is CC(=O)Nc1ccc(NC(=O)C2CC(=O)N(c3ccccc3C#N)C2)cc1. The molecular weight excluding hydrogens is 344 g/mol. The Labute approximate surface area is 156 Å². The minimum atomic E-state index is -0.501. The highest BCUT2D eigenvalue weighted by Crippen LogP contribution is 2.28. The Balaban J connectivity index is 1.67. The van der Waals surface area contributed by atoms with Crippen LogP contribution in [0.4, 0.5) is 17.1 Å². The number of carbonyl (C=O) groups excluding carboxylic acids is 3. The summed E-state index contributed by atoms with van der Waals surface area (Å²) in [4.78, 5) is 37.4. The highest BCUT2D eigenvalue weighted by molar-refractivity contribution is 6.04. The van der Waals surface area contributed by atoms with Crippen molar-refractivity contribution in [2.24, 2.45) is 5.92 Å². The maximum Gasteiger partial charge on any atom is 0.229 e. The van der Waals surface area contributed by atoms with Crippen molar-refractivity contribution in [3.63, 3.8) is 0 Å². The maximum atomic E-state index is 12.5. The highest BCUT2D eigenvalue weighted by Gasteiger charge is 2.36. The van der Waals surface area contributed by atoms with Gasteiger partial charge in [-0.05, 0) is 36.4 Å². The minimum absolute atomic E-state index is 0.0928. The molecule has 0 spiro atoms. The number of nitrogens with one attached hydrogen (secondary N) is 2. The lowest BCUT2D eigenvalue weighted by Crippen LogP contribution is -2.28. The van der Waals surface area contributed by atoms with Gasteiger partial charge < -0.3 is 15.5 Å². The van der Waals surface area contributed by atoms with E-state index in [4.69, 9.17) is 0 Å². The van der Waals surface area contributed by atoms with Crippen LogP contribution in [-0.2, 0) is 14.4 Å². The van der Waals surface area contributed by atoms with E-state index in [1.54, 1.807) is 48.5 Å². The van der Waals surface area contributed by atoms with Crippen molar-refractivity contribution in [1.82, 2.24) is 0 Å². The van der Waals surface area contributed by atoms with Crippen LogP contribution in [0.1, 0.15) is 18.9 Å². The van der Waals surface area contributed by atoms with Crippen LogP contribution >= 0.6 is 0 Å². The van der Waals surface area contributed by atoms with Crippen molar-refractivity contribution in [3.05, 3.63) is 54.1 Å². The van der Waals surface area contributed by atoms with Gasteiger partial charge in [0, 0.05) is 31.3 Å². The van der Waals surface area contributed by atoms with Crippen LogP contribution in [0.25, 0.3) is 0 Å². The lowest BCUT2D eigenvalue weighted by Gasteiger charge is -2.18. The third-order valence-electron chi connectivity index (χ3n) is 4.28. The van der Waals surface area contributed by atoms with E-state index in [-0.39, 0.29) is 30.7 Å². The molecule has 2 N–H and O–H groups in total. The first-order chi connectivity index (χ1) is 13.0. The normalized spacial score (nSPS) is 15.9. The summed E-state index contributed by atoms with van der Waals surface area (Å²) in [5, 5.41) is 14.7. The van der Waals surface area contributed by atoms with Gasteiger partial charge >= 0.3 is 0 Å². The number of amides is 3. The fraction of sp³-hybridized carbons (Fsp3) is 0.200. The second kappa shape index (κ2) is 7.70. The Kier molecular flexibility index (Phi) is 5.18. The van der Waals surface area contributed by atoms with Crippen LogP contribution in [0, 0.1) is 17.2 Å². The summed E-state index contributed by atoms with van der Waals surface area (Å²) in [6.07, 6.45) is 0.0928. The Morgan fingerprint density at radius 3 is 2.33 bits per heavy atom. The van der Waals surface area contributed by atoms with Gasteiger partial charge in [-0.1, -0.05) is 12.1 Å². The second-order valence-electron chi connectivity index (χ2n) is 6.28. The van der Waals surface area contributed by atoms with E-state index in [1.165, 1.54) is 11.8 Å². The smallest absolute Gasteiger partial charge is 0.229 e. The molecule has 0 bridgehead atoms. The highest BCUT2D eigenvalue weighted by atomic mass is 16.2. The largest absolute Gasteiger partial charge is 0.326 e. The van der Waals surface area contributed by atoms with E-state index in [0.29, 0.717) is 22.6 Å². The number of benzene rings is 2. The number of nitriles is 1. The zero-order chi connectivity index (χ0) is 19.4. The van der Waals surface area contributed by atoms with E-state index in [2.05, 4.69) is 16.7 Å². The molecule has 27 heavy (non-hydrogen) atoms. The molecule has 1 heterocycles. The Hall–Kier alpha value is -3.66. The molecule has 0 aliphatic carbocycles. The van der Waals surface area contributed by atoms with Crippen LogP contribution in [0.3, 0.4) is 0 Å². The average molecular weight is 362 g/mol. The van der Waals surface area contributed by atoms with Crippen LogP contribution < -0.4 is 15.5 Å². The summed E-state index contributed by atoms with van der Waals surface area (Å²) in [5.41, 5.74) is 2.15. The summed E-state index contributed by atoms with van der Waals surface area (Å²) in [7, 11) is 0. The van der Waals surface area contributed by atoms with Gasteiger partial charge in [0.15, 0.2) is 0 Å². The van der Waals surface area contributed by atoms with Crippen LogP contribution in [0.5, 0.6) is 0 Å². The fourth-order valence-corrected chi connectivity index (χ4v) is 3.00. The Bertz CT molecular complexity index is 931. The van der Waals surface area contributed by atoms with E-state index in [1.807, 2.05) is 0 Å². The van der Waals surface area contributed by atoms with E-state index in [9.17, 15) is 19.6 Å². The molecule has 2 aromatic carbocycles. The Morgan fingerprint density at radius 1 is 1.07 bits per heavy atom. The lowest BCUT2D eigenvalue weighted by molar-refractivity contribution is -0.122. The van der Waals surface area contributed by atoms with Crippen molar-refractivity contribution in [2.75, 3.05) is 22.1 Å². The molecule has 1 aliphatic heterocycles. The summed E-state index contributed by atoms with van der Waals surface area (Å²) in [5.74, 6) is -1.11. The number of rotatable bonds is 4. The predicted octanol–water partition coefficient (Wildman–Crippen LogP) is 2.51. The molecule has 136 valence electrons. The molecule has 2 aromatic rings. The molecule has 0 radical (unpaired) electrons. The lowest BCUT2D eigenvalue weighted by atomic mass is 10.1. The number of anilines is 3. The van der Waals surface area contributed by atoms with Gasteiger partial charge in [0.1, 0.15) is 6.07 Å². The zero-order valence-corrected chi connectivity index (χ0v) is 14.7. The predicted molar refractivity (Wildman–Crippen MR) is 101 cm³/mol. The first-order valence-electron chi connectivity index (χ1n) is 8.46. The van der Waals surface area contributed by atoms with Crippen molar-refractivity contribution in [2.45, 2.75) is 13.3 Å². The van der Waals surface area contributed by atoms with Crippen LogP contribution in [0.2, 0.25) is 0 Å². The summed E-state index contributed by atoms with van der Waals surface area (Å²) >= 11 is 0. The third kappa shape index (κ3) is 4.12. The topological polar surface area (TPSA) is 102 Å². The van der Waals surface area contributed by atoms with Gasteiger partial charge in [0.05, 0.1) is 17.2 Å². The van der Waals surface area contributed by atoms with Crippen LogP contribution in [0.15, 0.2) is 48.5 Å². The fourth-order valence-electron chi connectivity index (χ4n) is 3.00. The quantitative estimate of drug-likeness (QED) is 0.872. The van der Waals surface area contributed by atoms with E-state index in [0.717, 1.165) is 0 Å². The molecule has 7 nitrogen and oxygen atoms in total. The number of carbonyl (C=O) groups is 3. The molecule has 0 aromatic heterocycles. The molecule has 1 atom stereocenters. The van der Waals surface area contributed by atoms with Gasteiger partial charge in [0.25, 0.3) is 0 Å². The number of hydrogen-bond acceptors (Lipinski definition) is 4. The zero-order valence-electron chi connectivity index (χ0n) is 14.7. The van der Waals surface area contributed by atoms with Gasteiger partial charge in [-0.25, -0.2) is 0 Å². The van der Waals surface area contributed by atoms with Gasteiger partial charge in [-0.3, -0.25) is 14.4 Å². The van der Waals surface area contributed by atoms with Crippen molar-refractivity contribution < 1.29 is 14.4 Å². The van der Waals surface area contributed by atoms with Crippen LogP contribution in [-0.4, -0.2) is 24.3 Å². The van der Waals surface area contributed by atoms with E-state index < -0.39 is 5.92 Å². The summed E-state index contributed by atoms with van der Waals surface area (Å²) in [6.45, 7) is 1.65. The Morgan fingerprint density at radius 2 is 1.70 bits per heavy atom. The molecule has 1 aliphatic rings. The molecular formula is C20H18N4O3. The standard InChI is InChI=1S/C20H18N4O3/c1-13(25)22-16-6-8-17(9-7-16)23-20(27)15-10-19(26)24(12-15)18-5-3-2-4-14(18)11-21/h2-9,15H,10,12H2,1H3,(H,22,25)(H,23,27). The average Bonchev–Trinajstić information content (AvgIpc) is 3.04.